The molecule has 0 saturated heterocycles. The number of hydrogen-bond acceptors (Lipinski definition) is 3. The molecule has 1 aromatic rings. The molecule has 96 valence electrons. The molecular formula is C12H11BrClNO3. The normalized spacial score (nSPS) is 9.67. The summed E-state index contributed by atoms with van der Waals surface area (Å²) in [7, 11) is 0. The Morgan fingerprint density at radius 3 is 2.50 bits per heavy atom. The van der Waals surface area contributed by atoms with Crippen LogP contribution in [-0.4, -0.2) is 25.0 Å². The summed E-state index contributed by atoms with van der Waals surface area (Å²) in [4.78, 5) is 22.8. The second-order valence-electron chi connectivity index (χ2n) is 3.37. The highest BCUT2D eigenvalue weighted by Gasteiger charge is 2.08. The lowest BCUT2D eigenvalue weighted by atomic mass is 10.2. The Balaban J connectivity index is 2.39. The lowest BCUT2D eigenvalue weighted by Gasteiger charge is -2.05. The molecule has 0 aliphatic heterocycles. The molecule has 0 radical (unpaired) electrons. The van der Waals surface area contributed by atoms with Crippen LogP contribution < -0.4 is 5.32 Å². The SMILES string of the molecule is C=C(Cl)COC(=O)CNC(=O)c1ccc(Br)cc1. The first-order valence-corrected chi connectivity index (χ1v) is 6.19. The summed E-state index contributed by atoms with van der Waals surface area (Å²) in [6, 6.07) is 6.77. The molecule has 0 aliphatic rings. The molecule has 0 atom stereocenters. The fourth-order valence-corrected chi connectivity index (χ4v) is 1.38. The molecule has 4 nitrogen and oxygen atoms in total. The van der Waals surface area contributed by atoms with Crippen LogP contribution in [-0.2, 0) is 9.53 Å². The number of amides is 1. The van der Waals surface area contributed by atoms with E-state index >= 15 is 0 Å². The van der Waals surface area contributed by atoms with E-state index in [4.69, 9.17) is 16.3 Å². The van der Waals surface area contributed by atoms with Crippen molar-refractivity contribution in [3.63, 3.8) is 0 Å². The summed E-state index contributed by atoms with van der Waals surface area (Å²) in [5.41, 5.74) is 0.466. The highest BCUT2D eigenvalue weighted by atomic mass is 79.9. The maximum Gasteiger partial charge on any atom is 0.325 e. The molecule has 0 saturated carbocycles. The average Bonchev–Trinajstić information content (AvgIpc) is 2.34. The molecule has 1 rings (SSSR count). The minimum atomic E-state index is -0.567. The van der Waals surface area contributed by atoms with E-state index in [2.05, 4.69) is 27.8 Å². The molecule has 0 heterocycles. The van der Waals surface area contributed by atoms with Crippen LogP contribution in [0.1, 0.15) is 10.4 Å². The first-order chi connectivity index (χ1) is 8.49. The predicted octanol–water partition coefficient (Wildman–Crippen LogP) is 2.47. The zero-order chi connectivity index (χ0) is 13.5. The zero-order valence-electron chi connectivity index (χ0n) is 9.41. The van der Waals surface area contributed by atoms with Crippen LogP contribution >= 0.6 is 27.5 Å². The first kappa shape index (κ1) is 14.7. The predicted molar refractivity (Wildman–Crippen MR) is 72.4 cm³/mol. The van der Waals surface area contributed by atoms with Gasteiger partial charge in [0.2, 0.25) is 0 Å². The van der Waals surface area contributed by atoms with Gasteiger partial charge < -0.3 is 10.1 Å². The van der Waals surface area contributed by atoms with Crippen molar-refractivity contribution in [2.24, 2.45) is 0 Å². The number of hydrogen-bond donors (Lipinski definition) is 1. The van der Waals surface area contributed by atoms with Gasteiger partial charge >= 0.3 is 5.97 Å². The molecule has 1 amide bonds. The van der Waals surface area contributed by atoms with Crippen LogP contribution in [0.5, 0.6) is 0 Å². The van der Waals surface area contributed by atoms with E-state index in [0.29, 0.717) is 5.56 Å². The third-order valence-corrected chi connectivity index (χ3v) is 2.53. The van der Waals surface area contributed by atoms with Crippen molar-refractivity contribution in [2.45, 2.75) is 0 Å². The van der Waals surface area contributed by atoms with Crippen LogP contribution in [0.4, 0.5) is 0 Å². The van der Waals surface area contributed by atoms with E-state index in [1.165, 1.54) is 0 Å². The molecule has 18 heavy (non-hydrogen) atoms. The lowest BCUT2D eigenvalue weighted by Crippen LogP contribution is -2.30. The van der Waals surface area contributed by atoms with Gasteiger partial charge in [0, 0.05) is 15.1 Å². The molecule has 0 fully saturated rings. The monoisotopic (exact) mass is 331 g/mol. The highest BCUT2D eigenvalue weighted by Crippen LogP contribution is 2.10. The summed E-state index contributed by atoms with van der Waals surface area (Å²) in [6.07, 6.45) is 0. The second-order valence-corrected chi connectivity index (χ2v) is 4.82. The van der Waals surface area contributed by atoms with Crippen molar-refractivity contribution >= 4 is 39.4 Å². The van der Waals surface area contributed by atoms with Gasteiger partial charge in [-0.3, -0.25) is 9.59 Å². The number of carbonyl (C=O) groups is 2. The first-order valence-electron chi connectivity index (χ1n) is 5.01. The molecular weight excluding hydrogens is 321 g/mol. The van der Waals surface area contributed by atoms with Crippen molar-refractivity contribution < 1.29 is 14.3 Å². The van der Waals surface area contributed by atoms with Crippen LogP contribution in [0, 0.1) is 0 Å². The fraction of sp³-hybridized carbons (Fsp3) is 0.167. The number of benzene rings is 1. The van der Waals surface area contributed by atoms with E-state index in [1.807, 2.05) is 0 Å². The standard InChI is InChI=1S/C12H11BrClNO3/c1-8(14)7-18-11(16)6-15-12(17)9-2-4-10(13)5-3-9/h2-5H,1,6-7H2,(H,15,17). The Kier molecular flexibility index (Phi) is 5.88. The largest absolute Gasteiger partial charge is 0.459 e. The van der Waals surface area contributed by atoms with Gasteiger partial charge in [-0.25, -0.2) is 0 Å². The molecule has 6 heteroatoms. The summed E-state index contributed by atoms with van der Waals surface area (Å²) >= 11 is 8.70. The van der Waals surface area contributed by atoms with E-state index in [-0.39, 0.29) is 24.1 Å². The second kappa shape index (κ2) is 7.18. The Morgan fingerprint density at radius 1 is 1.33 bits per heavy atom. The Hall–Kier alpha value is -1.33. The smallest absolute Gasteiger partial charge is 0.325 e. The maximum absolute atomic E-state index is 11.6. The molecule has 1 aromatic carbocycles. The molecule has 0 aromatic heterocycles. The Bertz CT molecular complexity index is 459. The Labute approximate surface area is 118 Å². The lowest BCUT2D eigenvalue weighted by molar-refractivity contribution is -0.141. The highest BCUT2D eigenvalue weighted by molar-refractivity contribution is 9.10. The van der Waals surface area contributed by atoms with E-state index in [9.17, 15) is 9.59 Å². The number of halogens is 2. The number of rotatable bonds is 5. The van der Waals surface area contributed by atoms with Crippen LogP contribution in [0.15, 0.2) is 40.3 Å². The van der Waals surface area contributed by atoms with Gasteiger partial charge in [-0.15, -0.1) is 0 Å². The molecule has 0 bridgehead atoms. The topological polar surface area (TPSA) is 55.4 Å². The fourth-order valence-electron chi connectivity index (χ4n) is 1.07. The van der Waals surface area contributed by atoms with E-state index < -0.39 is 5.97 Å². The third kappa shape index (κ3) is 5.33. The van der Waals surface area contributed by atoms with Crippen molar-refractivity contribution in [1.29, 1.82) is 0 Å². The van der Waals surface area contributed by atoms with Crippen LogP contribution in [0.2, 0.25) is 0 Å². The summed E-state index contributed by atoms with van der Waals surface area (Å²) in [5, 5.41) is 2.66. The van der Waals surface area contributed by atoms with Gasteiger partial charge in [0.15, 0.2) is 0 Å². The van der Waals surface area contributed by atoms with Gasteiger partial charge in [0.1, 0.15) is 13.2 Å². The molecule has 0 aliphatic carbocycles. The molecule has 0 spiro atoms. The van der Waals surface area contributed by atoms with Gasteiger partial charge in [-0.1, -0.05) is 34.1 Å². The average molecular weight is 333 g/mol. The third-order valence-electron chi connectivity index (χ3n) is 1.89. The summed E-state index contributed by atoms with van der Waals surface area (Å²) in [6.45, 7) is 3.10. The van der Waals surface area contributed by atoms with Crippen molar-refractivity contribution in [3.05, 3.63) is 45.9 Å². The summed E-state index contributed by atoms with van der Waals surface area (Å²) < 4.78 is 5.59. The van der Waals surface area contributed by atoms with E-state index in [1.54, 1.807) is 24.3 Å². The van der Waals surface area contributed by atoms with Crippen molar-refractivity contribution in [2.75, 3.05) is 13.2 Å². The van der Waals surface area contributed by atoms with Crippen LogP contribution in [0.3, 0.4) is 0 Å². The van der Waals surface area contributed by atoms with Crippen molar-refractivity contribution in [1.82, 2.24) is 5.32 Å². The Morgan fingerprint density at radius 2 is 1.94 bits per heavy atom. The number of ether oxygens (including phenoxy) is 1. The maximum atomic E-state index is 11.6. The molecule has 0 unspecified atom stereocenters. The van der Waals surface area contributed by atoms with Gasteiger partial charge in [0.05, 0.1) is 0 Å². The van der Waals surface area contributed by atoms with Gasteiger partial charge in [-0.05, 0) is 24.3 Å². The minimum Gasteiger partial charge on any atom is -0.459 e. The zero-order valence-corrected chi connectivity index (χ0v) is 11.8. The summed E-state index contributed by atoms with van der Waals surface area (Å²) in [5.74, 6) is -0.911. The number of nitrogens with one attached hydrogen (secondary N) is 1. The van der Waals surface area contributed by atoms with E-state index in [0.717, 1.165) is 4.47 Å². The number of esters is 1. The quantitative estimate of drug-likeness (QED) is 0.843. The van der Waals surface area contributed by atoms with Crippen LogP contribution in [0.25, 0.3) is 0 Å². The molecule has 1 N–H and O–H groups in total. The van der Waals surface area contributed by atoms with Gasteiger partial charge in [0.25, 0.3) is 5.91 Å². The van der Waals surface area contributed by atoms with Gasteiger partial charge in [-0.2, -0.15) is 0 Å². The minimum absolute atomic E-state index is 0.0610. The number of carbonyl (C=O) groups excluding carboxylic acids is 2. The van der Waals surface area contributed by atoms with Crippen molar-refractivity contribution in [3.8, 4) is 0 Å².